The number of amides is 1. The van der Waals surface area contributed by atoms with Gasteiger partial charge >= 0.3 is 0 Å². The van der Waals surface area contributed by atoms with Gasteiger partial charge in [0.25, 0.3) is 0 Å². The van der Waals surface area contributed by atoms with Crippen molar-refractivity contribution in [3.63, 3.8) is 0 Å². The third-order valence-corrected chi connectivity index (χ3v) is 2.79. The Morgan fingerprint density at radius 1 is 1.39 bits per heavy atom. The van der Waals surface area contributed by atoms with Gasteiger partial charge in [-0.1, -0.05) is 12.2 Å². The lowest BCUT2D eigenvalue weighted by molar-refractivity contribution is -0.126. The highest BCUT2D eigenvalue weighted by Crippen LogP contribution is 2.02. The third kappa shape index (κ3) is 7.58. The van der Waals surface area contributed by atoms with Gasteiger partial charge in [-0.05, 0) is 20.8 Å². The van der Waals surface area contributed by atoms with Crippen molar-refractivity contribution in [1.82, 2.24) is 10.2 Å². The molecule has 18 heavy (non-hydrogen) atoms. The predicted octanol–water partition coefficient (Wildman–Crippen LogP) is 0.524. The quantitative estimate of drug-likeness (QED) is 0.601. The number of carbonyl (C=O) groups excluding carboxylic acids is 1. The molecule has 0 aliphatic heterocycles. The van der Waals surface area contributed by atoms with Crippen LogP contribution in [-0.2, 0) is 9.53 Å². The van der Waals surface area contributed by atoms with Gasteiger partial charge in [-0.3, -0.25) is 9.69 Å². The van der Waals surface area contributed by atoms with E-state index in [2.05, 4.69) is 5.32 Å². The molecule has 0 heterocycles. The van der Waals surface area contributed by atoms with Gasteiger partial charge in [0.05, 0.1) is 17.6 Å². The van der Waals surface area contributed by atoms with Gasteiger partial charge in [-0.2, -0.15) is 0 Å². The average Bonchev–Trinajstić information content (AvgIpc) is 2.27. The summed E-state index contributed by atoms with van der Waals surface area (Å²) in [4.78, 5) is 14.4. The number of nitrogens with two attached hydrogens (primary N) is 1. The van der Waals surface area contributed by atoms with Crippen LogP contribution in [0.15, 0.2) is 0 Å². The second-order valence-electron chi connectivity index (χ2n) is 4.58. The molecule has 0 radical (unpaired) electrons. The van der Waals surface area contributed by atoms with Crippen LogP contribution in [-0.4, -0.2) is 54.7 Å². The van der Waals surface area contributed by atoms with Crippen molar-refractivity contribution in [1.29, 1.82) is 0 Å². The minimum absolute atomic E-state index is 0.0176. The Hall–Kier alpha value is -0.720. The van der Waals surface area contributed by atoms with E-state index in [1.807, 2.05) is 25.7 Å². The lowest BCUT2D eigenvalue weighted by Crippen LogP contribution is -2.48. The summed E-state index contributed by atoms with van der Waals surface area (Å²) in [6.07, 6.45) is 0.609. The van der Waals surface area contributed by atoms with E-state index in [0.29, 0.717) is 31.1 Å². The molecular weight excluding hydrogens is 250 g/mol. The molecule has 0 rings (SSSR count). The van der Waals surface area contributed by atoms with E-state index in [9.17, 15) is 4.79 Å². The Kier molecular flexibility index (Phi) is 8.87. The van der Waals surface area contributed by atoms with Crippen LogP contribution in [0.5, 0.6) is 0 Å². The molecule has 106 valence electrons. The van der Waals surface area contributed by atoms with Gasteiger partial charge in [-0.25, -0.2) is 0 Å². The summed E-state index contributed by atoms with van der Waals surface area (Å²) >= 11 is 4.87. The summed E-state index contributed by atoms with van der Waals surface area (Å²) in [7, 11) is 1.64. The van der Waals surface area contributed by atoms with Crippen LogP contribution in [0.3, 0.4) is 0 Å². The number of nitrogens with zero attached hydrogens (tertiary/aromatic N) is 1. The Bertz CT molecular complexity index is 272. The Morgan fingerprint density at radius 2 is 2.00 bits per heavy atom. The smallest absolute Gasteiger partial charge is 0.237 e. The number of nitrogens with one attached hydrogen (secondary N) is 1. The number of ether oxygens (including phenoxy) is 1. The van der Waals surface area contributed by atoms with Crippen LogP contribution in [0.4, 0.5) is 0 Å². The zero-order valence-electron chi connectivity index (χ0n) is 11.7. The molecule has 0 aliphatic carbocycles. The van der Waals surface area contributed by atoms with Crippen LogP contribution < -0.4 is 11.1 Å². The first-order valence-corrected chi connectivity index (χ1v) is 6.61. The molecule has 3 N–H and O–H groups in total. The van der Waals surface area contributed by atoms with Gasteiger partial charge in [0, 0.05) is 32.7 Å². The van der Waals surface area contributed by atoms with Gasteiger partial charge in [0.1, 0.15) is 0 Å². The van der Waals surface area contributed by atoms with Crippen LogP contribution >= 0.6 is 12.2 Å². The Morgan fingerprint density at radius 3 is 2.44 bits per heavy atom. The fourth-order valence-corrected chi connectivity index (χ4v) is 1.62. The maximum Gasteiger partial charge on any atom is 0.237 e. The van der Waals surface area contributed by atoms with Crippen molar-refractivity contribution in [3.8, 4) is 0 Å². The standard InChI is InChI=1S/C12H25N3O2S/c1-9(2)14-12(16)10(3)15(7-8-17-4)6-5-11(13)18/h9-10H,5-8H2,1-4H3,(H2,13,18)(H,14,16). The van der Waals surface area contributed by atoms with Crippen molar-refractivity contribution in [3.05, 3.63) is 0 Å². The normalized spacial score (nSPS) is 12.8. The minimum atomic E-state index is -0.211. The number of carbonyl (C=O) groups is 1. The Balaban J connectivity index is 4.41. The molecule has 1 unspecified atom stereocenters. The molecule has 0 aromatic rings. The summed E-state index contributed by atoms with van der Waals surface area (Å²) in [6, 6.07) is -0.0725. The molecule has 0 aromatic carbocycles. The lowest BCUT2D eigenvalue weighted by Gasteiger charge is -2.28. The SMILES string of the molecule is COCCN(CCC(N)=S)C(C)C(=O)NC(C)C. The molecule has 0 fully saturated rings. The van der Waals surface area contributed by atoms with Crippen molar-refractivity contribution >= 4 is 23.1 Å². The molecule has 0 aliphatic rings. The van der Waals surface area contributed by atoms with E-state index < -0.39 is 0 Å². The molecule has 0 spiro atoms. The molecule has 0 saturated carbocycles. The number of methoxy groups -OCH3 is 1. The summed E-state index contributed by atoms with van der Waals surface area (Å²) in [5.41, 5.74) is 5.50. The molecule has 1 amide bonds. The first-order chi connectivity index (χ1) is 8.38. The highest BCUT2D eigenvalue weighted by molar-refractivity contribution is 7.80. The summed E-state index contributed by atoms with van der Waals surface area (Å²) < 4.78 is 5.05. The molecule has 0 saturated heterocycles. The largest absolute Gasteiger partial charge is 0.393 e. The first-order valence-electron chi connectivity index (χ1n) is 6.20. The van der Waals surface area contributed by atoms with Gasteiger partial charge < -0.3 is 15.8 Å². The van der Waals surface area contributed by atoms with E-state index in [1.54, 1.807) is 7.11 Å². The van der Waals surface area contributed by atoms with E-state index in [0.717, 1.165) is 0 Å². The number of hydrogen-bond acceptors (Lipinski definition) is 4. The third-order valence-electron chi connectivity index (χ3n) is 2.59. The van der Waals surface area contributed by atoms with Gasteiger partial charge in [0.15, 0.2) is 0 Å². The van der Waals surface area contributed by atoms with E-state index in [-0.39, 0.29) is 18.0 Å². The summed E-state index contributed by atoms with van der Waals surface area (Å²) in [5.74, 6) is 0.0176. The molecular formula is C12H25N3O2S. The minimum Gasteiger partial charge on any atom is -0.393 e. The average molecular weight is 275 g/mol. The van der Waals surface area contributed by atoms with Gasteiger partial charge in [0.2, 0.25) is 5.91 Å². The molecule has 0 aromatic heterocycles. The van der Waals surface area contributed by atoms with Crippen LogP contribution in [0, 0.1) is 0 Å². The van der Waals surface area contributed by atoms with Crippen molar-refractivity contribution in [2.24, 2.45) is 5.73 Å². The van der Waals surface area contributed by atoms with Crippen molar-refractivity contribution in [2.45, 2.75) is 39.3 Å². The van der Waals surface area contributed by atoms with Crippen LogP contribution in [0.2, 0.25) is 0 Å². The first kappa shape index (κ1) is 17.3. The zero-order chi connectivity index (χ0) is 14.1. The van der Waals surface area contributed by atoms with Crippen LogP contribution in [0.25, 0.3) is 0 Å². The highest BCUT2D eigenvalue weighted by atomic mass is 32.1. The highest BCUT2D eigenvalue weighted by Gasteiger charge is 2.21. The zero-order valence-corrected chi connectivity index (χ0v) is 12.5. The van der Waals surface area contributed by atoms with E-state index >= 15 is 0 Å². The molecule has 5 nitrogen and oxygen atoms in total. The van der Waals surface area contributed by atoms with Crippen LogP contribution in [0.1, 0.15) is 27.2 Å². The maximum atomic E-state index is 11.9. The monoisotopic (exact) mass is 275 g/mol. The second-order valence-corrected chi connectivity index (χ2v) is 5.11. The van der Waals surface area contributed by atoms with Gasteiger partial charge in [-0.15, -0.1) is 0 Å². The second kappa shape index (κ2) is 9.24. The van der Waals surface area contributed by atoms with E-state index in [4.69, 9.17) is 22.7 Å². The molecule has 6 heteroatoms. The molecule has 0 bridgehead atoms. The fraction of sp³-hybridized carbons (Fsp3) is 0.833. The Labute approximate surface area is 115 Å². The fourth-order valence-electron chi connectivity index (χ4n) is 1.53. The lowest BCUT2D eigenvalue weighted by atomic mass is 10.2. The predicted molar refractivity (Wildman–Crippen MR) is 77.6 cm³/mol. The van der Waals surface area contributed by atoms with E-state index in [1.165, 1.54) is 0 Å². The number of rotatable bonds is 9. The van der Waals surface area contributed by atoms with Crippen molar-refractivity contribution < 1.29 is 9.53 Å². The maximum absolute atomic E-state index is 11.9. The summed E-state index contributed by atoms with van der Waals surface area (Å²) in [6.45, 7) is 7.71. The molecule has 1 atom stereocenters. The number of hydrogen-bond donors (Lipinski definition) is 2. The number of thiocarbonyl (C=S) groups is 1. The topological polar surface area (TPSA) is 67.6 Å². The van der Waals surface area contributed by atoms with Crippen molar-refractivity contribution in [2.75, 3.05) is 26.8 Å². The summed E-state index contributed by atoms with van der Waals surface area (Å²) in [5, 5.41) is 2.90.